The van der Waals surface area contributed by atoms with Gasteiger partial charge in [0.2, 0.25) is 0 Å². The van der Waals surface area contributed by atoms with Gasteiger partial charge in [0.05, 0.1) is 23.8 Å². The molecule has 3 aromatic rings. The second-order valence-electron chi connectivity index (χ2n) is 6.16. The van der Waals surface area contributed by atoms with Crippen LogP contribution in [-0.2, 0) is 0 Å². The molecule has 0 unspecified atom stereocenters. The number of carbonyl (C=O) groups is 2. The normalized spacial score (nSPS) is 10.5. The van der Waals surface area contributed by atoms with E-state index in [9.17, 15) is 19.7 Å². The molecule has 156 valence electrons. The average molecular weight is 419 g/mol. The Kier molecular flexibility index (Phi) is 6.69. The van der Waals surface area contributed by atoms with Crippen LogP contribution in [0.5, 0.6) is 11.5 Å². The molecule has 31 heavy (non-hydrogen) atoms. The number of hydrogen-bond donors (Lipinski definition) is 1. The number of amides is 1. The Hall–Kier alpha value is -4.53. The van der Waals surface area contributed by atoms with Gasteiger partial charge < -0.3 is 9.47 Å². The van der Waals surface area contributed by atoms with E-state index in [1.165, 1.54) is 37.6 Å². The number of carbonyl (C=O) groups excluding carboxylic acids is 2. The molecule has 0 spiro atoms. The predicted molar refractivity (Wildman–Crippen MR) is 113 cm³/mol. The Labute approximate surface area is 177 Å². The summed E-state index contributed by atoms with van der Waals surface area (Å²) in [5.74, 6) is -0.221. The molecule has 0 atom stereocenters. The maximum Gasteiger partial charge on any atom is 0.343 e. The molecule has 0 fully saturated rings. The van der Waals surface area contributed by atoms with Crippen LogP contribution in [-0.4, -0.2) is 30.1 Å². The summed E-state index contributed by atoms with van der Waals surface area (Å²) in [5, 5.41) is 14.6. The van der Waals surface area contributed by atoms with Crippen LogP contribution in [0.4, 0.5) is 5.69 Å². The summed E-state index contributed by atoms with van der Waals surface area (Å²) < 4.78 is 10.5. The number of nitro groups is 1. The molecule has 0 aromatic heterocycles. The van der Waals surface area contributed by atoms with Crippen LogP contribution in [0.2, 0.25) is 0 Å². The first-order chi connectivity index (χ1) is 15.0. The van der Waals surface area contributed by atoms with Gasteiger partial charge in [0.1, 0.15) is 11.5 Å². The molecule has 9 nitrogen and oxygen atoms in total. The lowest BCUT2D eigenvalue weighted by molar-refractivity contribution is -0.384. The van der Waals surface area contributed by atoms with E-state index >= 15 is 0 Å². The molecule has 0 aliphatic heterocycles. The van der Waals surface area contributed by atoms with Crippen molar-refractivity contribution in [1.82, 2.24) is 5.43 Å². The number of non-ortho nitro benzene ring substituents is 1. The molecule has 0 radical (unpaired) electrons. The van der Waals surface area contributed by atoms with E-state index in [-0.39, 0.29) is 17.0 Å². The number of nitrogens with one attached hydrogen (secondary N) is 1. The molecule has 0 aliphatic rings. The molecule has 0 aliphatic carbocycles. The molecule has 9 heteroatoms. The van der Waals surface area contributed by atoms with Crippen molar-refractivity contribution in [2.45, 2.75) is 0 Å². The first-order valence-corrected chi connectivity index (χ1v) is 9.01. The Balaban J connectivity index is 1.66. The number of para-hydroxylation sites is 1. The van der Waals surface area contributed by atoms with E-state index in [0.717, 1.165) is 0 Å². The molecule has 1 N–H and O–H groups in total. The van der Waals surface area contributed by atoms with Crippen molar-refractivity contribution in [1.29, 1.82) is 0 Å². The van der Waals surface area contributed by atoms with Crippen LogP contribution in [0, 0.1) is 10.1 Å². The van der Waals surface area contributed by atoms with Gasteiger partial charge in [-0.25, -0.2) is 10.2 Å². The summed E-state index contributed by atoms with van der Waals surface area (Å²) in [5.41, 5.74) is 3.23. The number of ether oxygens (including phenoxy) is 2. The van der Waals surface area contributed by atoms with Crippen LogP contribution < -0.4 is 14.9 Å². The van der Waals surface area contributed by atoms with Crippen molar-refractivity contribution in [3.8, 4) is 11.5 Å². The van der Waals surface area contributed by atoms with E-state index < -0.39 is 16.8 Å². The highest BCUT2D eigenvalue weighted by Crippen LogP contribution is 2.19. The van der Waals surface area contributed by atoms with E-state index in [0.29, 0.717) is 16.9 Å². The maximum atomic E-state index is 12.4. The fraction of sp³-hybridized carbons (Fsp3) is 0.0455. The van der Waals surface area contributed by atoms with Crippen LogP contribution in [0.3, 0.4) is 0 Å². The van der Waals surface area contributed by atoms with Gasteiger partial charge in [-0.05, 0) is 48.5 Å². The van der Waals surface area contributed by atoms with Gasteiger partial charge in [-0.3, -0.25) is 14.9 Å². The van der Waals surface area contributed by atoms with E-state index in [1.54, 1.807) is 48.5 Å². The Bertz CT molecular complexity index is 1120. The highest BCUT2D eigenvalue weighted by Gasteiger charge is 2.12. The van der Waals surface area contributed by atoms with Gasteiger partial charge in [-0.15, -0.1) is 0 Å². The van der Waals surface area contributed by atoms with Crippen LogP contribution in [0.15, 0.2) is 77.9 Å². The average Bonchev–Trinajstić information content (AvgIpc) is 2.80. The maximum absolute atomic E-state index is 12.4. The fourth-order valence-electron chi connectivity index (χ4n) is 2.53. The largest absolute Gasteiger partial charge is 0.497 e. The third-order valence-electron chi connectivity index (χ3n) is 4.16. The number of benzene rings is 3. The van der Waals surface area contributed by atoms with E-state index in [2.05, 4.69) is 10.5 Å². The van der Waals surface area contributed by atoms with Crippen molar-refractivity contribution in [3.63, 3.8) is 0 Å². The number of nitrogens with zero attached hydrogens (tertiary/aromatic N) is 2. The lowest BCUT2D eigenvalue weighted by atomic mass is 10.2. The molecule has 0 saturated heterocycles. The number of methoxy groups -OCH3 is 1. The number of hydrogen-bond acceptors (Lipinski definition) is 7. The monoisotopic (exact) mass is 419 g/mol. The summed E-state index contributed by atoms with van der Waals surface area (Å²) in [4.78, 5) is 34.6. The summed E-state index contributed by atoms with van der Waals surface area (Å²) in [6.45, 7) is 0. The van der Waals surface area contributed by atoms with Crippen molar-refractivity contribution < 1.29 is 24.0 Å². The van der Waals surface area contributed by atoms with Crippen LogP contribution in [0.1, 0.15) is 26.3 Å². The summed E-state index contributed by atoms with van der Waals surface area (Å²) >= 11 is 0. The van der Waals surface area contributed by atoms with E-state index in [4.69, 9.17) is 9.47 Å². The Morgan fingerprint density at radius 1 is 0.968 bits per heavy atom. The van der Waals surface area contributed by atoms with Gasteiger partial charge in [0.25, 0.3) is 11.6 Å². The number of esters is 1. The van der Waals surface area contributed by atoms with Gasteiger partial charge >= 0.3 is 5.97 Å². The van der Waals surface area contributed by atoms with Gasteiger partial charge in [-0.2, -0.15) is 5.10 Å². The Morgan fingerprint density at radius 3 is 2.26 bits per heavy atom. The molecule has 3 aromatic carbocycles. The molecule has 1 amide bonds. The SMILES string of the molecule is COc1ccc(C(=O)Oc2ccccc2C=NNC(=O)c2ccc([N+](=O)[O-])cc2)cc1. The first-order valence-electron chi connectivity index (χ1n) is 9.01. The van der Waals surface area contributed by atoms with Crippen molar-refractivity contribution in [2.75, 3.05) is 7.11 Å². The highest BCUT2D eigenvalue weighted by molar-refractivity contribution is 5.96. The molecule has 0 saturated carbocycles. The molecule has 3 rings (SSSR count). The molecular formula is C22H17N3O6. The predicted octanol–water partition coefficient (Wildman–Crippen LogP) is 3.59. The minimum Gasteiger partial charge on any atom is -0.497 e. The first kappa shape index (κ1) is 21.2. The van der Waals surface area contributed by atoms with Crippen molar-refractivity contribution in [2.24, 2.45) is 5.10 Å². The summed E-state index contributed by atoms with van der Waals surface area (Å²) in [6.07, 6.45) is 1.33. The zero-order valence-electron chi connectivity index (χ0n) is 16.3. The smallest absolute Gasteiger partial charge is 0.343 e. The van der Waals surface area contributed by atoms with Gasteiger partial charge in [0.15, 0.2) is 0 Å². The quantitative estimate of drug-likeness (QED) is 0.205. The van der Waals surface area contributed by atoms with Crippen LogP contribution in [0.25, 0.3) is 0 Å². The zero-order valence-corrected chi connectivity index (χ0v) is 16.3. The number of nitro benzene ring substituents is 1. The summed E-state index contributed by atoms with van der Waals surface area (Å²) in [7, 11) is 1.53. The second kappa shape index (κ2) is 9.79. The van der Waals surface area contributed by atoms with Crippen molar-refractivity contribution in [3.05, 3.63) is 99.6 Å². The molecule has 0 heterocycles. The van der Waals surface area contributed by atoms with Crippen LogP contribution >= 0.6 is 0 Å². The Morgan fingerprint density at radius 2 is 1.61 bits per heavy atom. The topological polar surface area (TPSA) is 120 Å². The van der Waals surface area contributed by atoms with E-state index in [1.807, 2.05) is 0 Å². The van der Waals surface area contributed by atoms with Gasteiger partial charge in [0, 0.05) is 23.3 Å². The zero-order chi connectivity index (χ0) is 22.2. The third-order valence-corrected chi connectivity index (χ3v) is 4.16. The van der Waals surface area contributed by atoms with Gasteiger partial charge in [-0.1, -0.05) is 12.1 Å². The minimum absolute atomic E-state index is 0.118. The fourth-order valence-corrected chi connectivity index (χ4v) is 2.53. The standard InChI is InChI=1S/C22H17N3O6/c1-30-19-12-8-16(9-13-19)22(27)31-20-5-3-2-4-17(20)14-23-24-21(26)15-6-10-18(11-7-15)25(28)29/h2-14H,1H3,(H,24,26). The number of hydrazone groups is 1. The number of rotatable bonds is 7. The lowest BCUT2D eigenvalue weighted by Crippen LogP contribution is -2.17. The summed E-state index contributed by atoms with van der Waals surface area (Å²) in [6, 6.07) is 18.3. The molecular weight excluding hydrogens is 402 g/mol. The molecule has 0 bridgehead atoms. The second-order valence-corrected chi connectivity index (χ2v) is 6.16. The third kappa shape index (κ3) is 5.51. The highest BCUT2D eigenvalue weighted by atomic mass is 16.6. The van der Waals surface area contributed by atoms with Crippen molar-refractivity contribution >= 4 is 23.8 Å². The minimum atomic E-state index is -0.557. The lowest BCUT2D eigenvalue weighted by Gasteiger charge is -2.08.